The maximum absolute atomic E-state index is 12.9. The van der Waals surface area contributed by atoms with Crippen LogP contribution in [0.25, 0.3) is 0 Å². The largest absolute Gasteiger partial charge is 0.496 e. The molecule has 1 aromatic rings. The van der Waals surface area contributed by atoms with Gasteiger partial charge in [0.15, 0.2) is 0 Å². The molecule has 0 spiro atoms. The molecule has 2 heterocycles. The Morgan fingerprint density at radius 2 is 2.18 bits per heavy atom. The molecule has 0 aromatic heterocycles. The number of hydrogen-bond acceptors (Lipinski definition) is 8. The predicted molar refractivity (Wildman–Crippen MR) is 124 cm³/mol. The summed E-state index contributed by atoms with van der Waals surface area (Å²) in [6, 6.07) is 7.19. The Morgan fingerprint density at radius 1 is 1.39 bits per heavy atom. The lowest BCUT2D eigenvalue weighted by atomic mass is 9.78. The van der Waals surface area contributed by atoms with Gasteiger partial charge in [-0.25, -0.2) is 0 Å². The third kappa shape index (κ3) is 5.88. The molecule has 0 unspecified atom stereocenters. The molecule has 2 aliphatic heterocycles. The van der Waals surface area contributed by atoms with Crippen LogP contribution in [0.15, 0.2) is 33.3 Å². The Hall–Kier alpha value is -2.55. The van der Waals surface area contributed by atoms with Crippen LogP contribution in [0.5, 0.6) is 5.75 Å². The average Bonchev–Trinajstić information content (AvgIpc) is 3.34. The molecule has 3 rings (SSSR count). The van der Waals surface area contributed by atoms with E-state index >= 15 is 0 Å². The van der Waals surface area contributed by atoms with E-state index in [1.807, 2.05) is 0 Å². The quantitative estimate of drug-likeness (QED) is 0.381. The van der Waals surface area contributed by atoms with Gasteiger partial charge in [-0.3, -0.25) is 14.4 Å². The molecule has 2 N–H and O–H groups in total. The van der Waals surface area contributed by atoms with Crippen LogP contribution in [0.2, 0.25) is 0 Å². The van der Waals surface area contributed by atoms with Gasteiger partial charge in [0.25, 0.3) is 0 Å². The van der Waals surface area contributed by atoms with Crippen LogP contribution in [0.1, 0.15) is 24.3 Å². The minimum atomic E-state index is -1.25. The molecule has 1 aromatic carbocycles. The van der Waals surface area contributed by atoms with Gasteiger partial charge in [0.05, 0.1) is 47.2 Å². The van der Waals surface area contributed by atoms with E-state index in [1.54, 1.807) is 18.2 Å². The minimum Gasteiger partial charge on any atom is -0.496 e. The summed E-state index contributed by atoms with van der Waals surface area (Å²) < 4.78 is 16.2. The lowest BCUT2D eigenvalue weighted by molar-refractivity contribution is -0.150. The van der Waals surface area contributed by atoms with Crippen LogP contribution in [0.3, 0.4) is 0 Å². The monoisotopic (exact) mass is 537 g/mol. The Kier molecular flexibility index (Phi) is 8.77. The third-order valence-electron chi connectivity index (χ3n) is 5.42. The van der Waals surface area contributed by atoms with Gasteiger partial charge in [-0.15, -0.1) is 0 Å². The first-order chi connectivity index (χ1) is 15.9. The normalized spacial score (nSPS) is 22.4. The van der Waals surface area contributed by atoms with E-state index < -0.39 is 23.7 Å². The maximum atomic E-state index is 12.9. The van der Waals surface area contributed by atoms with Gasteiger partial charge in [-0.1, -0.05) is 17.8 Å². The summed E-state index contributed by atoms with van der Waals surface area (Å²) in [7, 11) is 2.71. The Balaban J connectivity index is 1.86. The first-order valence-corrected chi connectivity index (χ1v) is 12.0. The summed E-state index contributed by atoms with van der Waals surface area (Å²) >= 11 is 4.45. The number of amides is 2. The molecule has 3 atom stereocenters. The standard InChI is InChI=1S/C22H24BrN3O6S/c1-30-16-6-5-12(8-15(16)23)18-14(9-24)21(26-20(28)19(18)22(29)31-2)33-11-17(27)25-10-13-4-3-7-32-13/h5-6,8,13,18-19H,3-4,7,10-11H2,1-2H3,(H,25,27)(H,26,28)/t13-,18-,19+/m1/s1. The number of carbonyl (C=O) groups excluding carboxylic acids is 3. The van der Waals surface area contributed by atoms with Gasteiger partial charge in [-0.05, 0) is 46.5 Å². The molecular formula is C22H24BrN3O6S. The number of nitriles is 1. The number of thioether (sulfide) groups is 1. The van der Waals surface area contributed by atoms with Crippen molar-refractivity contribution >= 4 is 45.5 Å². The van der Waals surface area contributed by atoms with Crippen molar-refractivity contribution < 1.29 is 28.6 Å². The topological polar surface area (TPSA) is 127 Å². The van der Waals surface area contributed by atoms with Gasteiger partial charge in [0, 0.05) is 19.1 Å². The number of halogens is 1. The minimum absolute atomic E-state index is 0.00453. The SMILES string of the molecule is COC(=O)[C@@H]1C(=O)NC(SCC(=O)NC[C@H]2CCCO2)=C(C#N)[C@H]1c1ccc(OC)c(Br)c1. The highest BCUT2D eigenvalue weighted by Gasteiger charge is 2.44. The number of methoxy groups -OCH3 is 2. The first kappa shape index (κ1) is 25.1. The maximum Gasteiger partial charge on any atom is 0.319 e. The zero-order valence-corrected chi connectivity index (χ0v) is 20.6. The van der Waals surface area contributed by atoms with E-state index in [-0.39, 0.29) is 28.4 Å². The average molecular weight is 538 g/mol. The number of hydrogen-bond donors (Lipinski definition) is 2. The van der Waals surface area contributed by atoms with Crippen molar-refractivity contribution in [1.29, 1.82) is 5.26 Å². The number of nitrogens with one attached hydrogen (secondary N) is 2. The van der Waals surface area contributed by atoms with Gasteiger partial charge >= 0.3 is 5.97 Å². The second-order valence-electron chi connectivity index (χ2n) is 7.44. The Morgan fingerprint density at radius 3 is 2.79 bits per heavy atom. The van der Waals surface area contributed by atoms with Crippen molar-refractivity contribution in [2.75, 3.05) is 33.1 Å². The summed E-state index contributed by atoms with van der Waals surface area (Å²) in [6.07, 6.45) is 1.89. The molecule has 176 valence electrons. The fourth-order valence-electron chi connectivity index (χ4n) is 3.78. The molecular weight excluding hydrogens is 514 g/mol. The summed E-state index contributed by atoms with van der Waals surface area (Å²) in [5.41, 5.74) is 0.740. The van der Waals surface area contributed by atoms with E-state index in [9.17, 15) is 19.6 Å². The molecule has 1 fully saturated rings. The van der Waals surface area contributed by atoms with Crippen molar-refractivity contribution in [2.24, 2.45) is 5.92 Å². The van der Waals surface area contributed by atoms with Crippen LogP contribution in [-0.4, -0.2) is 57.0 Å². The molecule has 2 aliphatic rings. The van der Waals surface area contributed by atoms with Gasteiger partial charge in [0.2, 0.25) is 11.8 Å². The predicted octanol–water partition coefficient (Wildman–Crippen LogP) is 2.22. The van der Waals surface area contributed by atoms with E-state index in [0.29, 0.717) is 28.9 Å². The summed E-state index contributed by atoms with van der Waals surface area (Å²) in [4.78, 5) is 37.7. The molecule has 11 heteroatoms. The number of benzene rings is 1. The number of nitrogens with zero attached hydrogens (tertiary/aromatic N) is 1. The first-order valence-electron chi connectivity index (χ1n) is 10.3. The number of ether oxygens (including phenoxy) is 3. The number of esters is 1. The van der Waals surface area contributed by atoms with Crippen LogP contribution in [0.4, 0.5) is 0 Å². The highest BCUT2D eigenvalue weighted by molar-refractivity contribution is 9.10. The molecule has 1 saturated heterocycles. The van der Waals surface area contributed by atoms with Gasteiger partial charge in [0.1, 0.15) is 11.7 Å². The fraction of sp³-hybridized carbons (Fsp3) is 0.455. The van der Waals surface area contributed by atoms with Gasteiger partial charge < -0.3 is 24.8 Å². The smallest absolute Gasteiger partial charge is 0.319 e. The van der Waals surface area contributed by atoms with Crippen LogP contribution < -0.4 is 15.4 Å². The highest BCUT2D eigenvalue weighted by atomic mass is 79.9. The summed E-state index contributed by atoms with van der Waals surface area (Å²) in [5, 5.41) is 15.6. The summed E-state index contributed by atoms with van der Waals surface area (Å²) in [6.45, 7) is 1.12. The second kappa shape index (κ2) is 11.5. The van der Waals surface area contributed by atoms with Crippen molar-refractivity contribution in [3.05, 3.63) is 38.8 Å². The Bertz CT molecular complexity index is 1000. The van der Waals surface area contributed by atoms with Crippen molar-refractivity contribution in [1.82, 2.24) is 10.6 Å². The summed E-state index contributed by atoms with van der Waals surface area (Å²) in [5.74, 6) is -3.16. The molecule has 0 radical (unpaired) electrons. The highest BCUT2D eigenvalue weighted by Crippen LogP contribution is 2.42. The van der Waals surface area contributed by atoms with Crippen molar-refractivity contribution in [3.8, 4) is 11.8 Å². The fourth-order valence-corrected chi connectivity index (χ4v) is 5.21. The van der Waals surface area contributed by atoms with Crippen molar-refractivity contribution in [3.63, 3.8) is 0 Å². The molecule has 9 nitrogen and oxygen atoms in total. The number of rotatable bonds is 8. The molecule has 0 aliphatic carbocycles. The molecule has 33 heavy (non-hydrogen) atoms. The number of carbonyl (C=O) groups is 3. The van der Waals surface area contributed by atoms with E-state index in [0.717, 1.165) is 24.6 Å². The lowest BCUT2D eigenvalue weighted by Crippen LogP contribution is -2.44. The van der Waals surface area contributed by atoms with Crippen LogP contribution in [0, 0.1) is 17.2 Å². The van der Waals surface area contributed by atoms with E-state index in [2.05, 4.69) is 32.6 Å². The van der Waals surface area contributed by atoms with E-state index in [1.165, 1.54) is 14.2 Å². The van der Waals surface area contributed by atoms with Crippen molar-refractivity contribution in [2.45, 2.75) is 24.9 Å². The zero-order chi connectivity index (χ0) is 24.0. The Labute approximate surface area is 204 Å². The second-order valence-corrected chi connectivity index (χ2v) is 9.28. The van der Waals surface area contributed by atoms with Crippen LogP contribution >= 0.6 is 27.7 Å². The molecule has 2 amide bonds. The number of allylic oxidation sites excluding steroid dienone is 1. The zero-order valence-electron chi connectivity index (χ0n) is 18.2. The van der Waals surface area contributed by atoms with Gasteiger partial charge in [-0.2, -0.15) is 5.26 Å². The van der Waals surface area contributed by atoms with E-state index in [4.69, 9.17) is 14.2 Å². The molecule has 0 saturated carbocycles. The third-order valence-corrected chi connectivity index (χ3v) is 7.05. The molecule has 0 bridgehead atoms. The lowest BCUT2D eigenvalue weighted by Gasteiger charge is -2.31. The van der Waals surface area contributed by atoms with Crippen LogP contribution in [-0.2, 0) is 23.9 Å².